The molecule has 1 aliphatic rings. The predicted octanol–water partition coefficient (Wildman–Crippen LogP) is -0.517. The first kappa shape index (κ1) is 12.8. The van der Waals surface area contributed by atoms with Gasteiger partial charge in [0.25, 0.3) is 5.91 Å². The molecule has 0 radical (unpaired) electrons. The van der Waals surface area contributed by atoms with Crippen LogP contribution >= 0.6 is 0 Å². The van der Waals surface area contributed by atoms with E-state index in [0.29, 0.717) is 26.2 Å². The van der Waals surface area contributed by atoms with Crippen molar-refractivity contribution in [1.29, 1.82) is 0 Å². The van der Waals surface area contributed by atoms with Crippen molar-refractivity contribution >= 4 is 5.91 Å². The van der Waals surface area contributed by atoms with Gasteiger partial charge in [0.05, 0.1) is 12.7 Å². The van der Waals surface area contributed by atoms with Crippen LogP contribution in [0.2, 0.25) is 0 Å². The number of aromatic amines is 1. The lowest BCUT2D eigenvalue weighted by molar-refractivity contribution is -0.0168. The van der Waals surface area contributed by atoms with Gasteiger partial charge in [-0.25, -0.2) is 0 Å². The van der Waals surface area contributed by atoms with Gasteiger partial charge >= 0.3 is 0 Å². The van der Waals surface area contributed by atoms with Gasteiger partial charge in [-0.3, -0.25) is 9.59 Å². The lowest BCUT2D eigenvalue weighted by Gasteiger charge is -2.32. The van der Waals surface area contributed by atoms with Gasteiger partial charge in [-0.15, -0.1) is 0 Å². The monoisotopic (exact) mass is 251 g/mol. The molecule has 6 nitrogen and oxygen atoms in total. The number of nitrogens with zero attached hydrogens (tertiary/aromatic N) is 1. The van der Waals surface area contributed by atoms with E-state index in [0.717, 1.165) is 5.69 Å². The Bertz CT molecular complexity index is 498. The first-order valence-electron chi connectivity index (χ1n) is 5.92. The van der Waals surface area contributed by atoms with Gasteiger partial charge in [-0.05, 0) is 6.92 Å². The Morgan fingerprint density at radius 3 is 3.11 bits per heavy atom. The highest BCUT2D eigenvalue weighted by atomic mass is 16.5. The molecule has 0 aromatic carbocycles. The Morgan fingerprint density at radius 2 is 2.44 bits per heavy atom. The lowest BCUT2D eigenvalue weighted by Crippen LogP contribution is -2.49. The van der Waals surface area contributed by atoms with Crippen LogP contribution in [0.3, 0.4) is 0 Å². The fourth-order valence-electron chi connectivity index (χ4n) is 1.96. The van der Waals surface area contributed by atoms with Gasteiger partial charge in [0, 0.05) is 37.6 Å². The maximum atomic E-state index is 12.2. The molecule has 1 unspecified atom stereocenters. The van der Waals surface area contributed by atoms with Crippen LogP contribution in [0.5, 0.6) is 0 Å². The molecule has 1 saturated heterocycles. The SMILES string of the molecule is Cc1cc(=O)c(C(=O)N2CCOC(CN)C2)c[nH]1. The highest BCUT2D eigenvalue weighted by Gasteiger charge is 2.25. The smallest absolute Gasteiger partial charge is 0.259 e. The molecule has 18 heavy (non-hydrogen) atoms. The molecule has 2 rings (SSSR count). The minimum absolute atomic E-state index is 0.146. The van der Waals surface area contributed by atoms with Crippen molar-refractivity contribution in [2.75, 3.05) is 26.2 Å². The zero-order valence-electron chi connectivity index (χ0n) is 10.3. The molecule has 1 atom stereocenters. The van der Waals surface area contributed by atoms with E-state index in [1.54, 1.807) is 11.8 Å². The summed E-state index contributed by atoms with van der Waals surface area (Å²) in [4.78, 5) is 28.4. The van der Waals surface area contributed by atoms with Crippen molar-refractivity contribution in [3.8, 4) is 0 Å². The van der Waals surface area contributed by atoms with Crippen molar-refractivity contribution in [3.63, 3.8) is 0 Å². The number of carbonyl (C=O) groups excluding carboxylic acids is 1. The summed E-state index contributed by atoms with van der Waals surface area (Å²) >= 11 is 0. The van der Waals surface area contributed by atoms with Crippen LogP contribution in [0.15, 0.2) is 17.1 Å². The van der Waals surface area contributed by atoms with Crippen LogP contribution in [0.1, 0.15) is 16.1 Å². The normalized spacial score (nSPS) is 19.9. The van der Waals surface area contributed by atoms with Crippen molar-refractivity contribution in [2.24, 2.45) is 5.73 Å². The number of hydrogen-bond acceptors (Lipinski definition) is 4. The molecule has 3 N–H and O–H groups in total. The third kappa shape index (κ3) is 2.60. The third-order valence-electron chi connectivity index (χ3n) is 2.98. The first-order valence-corrected chi connectivity index (χ1v) is 5.92. The zero-order chi connectivity index (χ0) is 13.1. The second-order valence-electron chi connectivity index (χ2n) is 4.37. The summed E-state index contributed by atoms with van der Waals surface area (Å²) in [7, 11) is 0. The molecule has 0 saturated carbocycles. The molecule has 1 amide bonds. The quantitative estimate of drug-likeness (QED) is 0.740. The van der Waals surface area contributed by atoms with E-state index >= 15 is 0 Å². The number of hydrogen-bond donors (Lipinski definition) is 2. The Labute approximate surface area is 105 Å². The van der Waals surface area contributed by atoms with Crippen molar-refractivity contribution < 1.29 is 9.53 Å². The van der Waals surface area contributed by atoms with E-state index in [1.807, 2.05) is 0 Å². The molecule has 6 heteroatoms. The molecule has 1 aliphatic heterocycles. The topological polar surface area (TPSA) is 88.4 Å². The van der Waals surface area contributed by atoms with E-state index in [-0.39, 0.29) is 23.0 Å². The number of H-pyrrole nitrogens is 1. The lowest BCUT2D eigenvalue weighted by atomic mass is 10.2. The van der Waals surface area contributed by atoms with Crippen molar-refractivity contribution in [1.82, 2.24) is 9.88 Å². The molecular weight excluding hydrogens is 234 g/mol. The van der Waals surface area contributed by atoms with Gasteiger partial charge in [-0.1, -0.05) is 0 Å². The maximum Gasteiger partial charge on any atom is 0.259 e. The average molecular weight is 251 g/mol. The van der Waals surface area contributed by atoms with Gasteiger partial charge < -0.3 is 20.4 Å². The predicted molar refractivity (Wildman–Crippen MR) is 66.5 cm³/mol. The second-order valence-corrected chi connectivity index (χ2v) is 4.37. The summed E-state index contributed by atoms with van der Waals surface area (Å²) in [5, 5.41) is 0. The van der Waals surface area contributed by atoms with Crippen LogP contribution in [0.4, 0.5) is 0 Å². The second kappa shape index (κ2) is 5.32. The van der Waals surface area contributed by atoms with Crippen molar-refractivity contribution in [2.45, 2.75) is 13.0 Å². The molecule has 2 heterocycles. The number of aromatic nitrogens is 1. The standard InChI is InChI=1S/C12H17N3O3/c1-8-4-11(16)10(6-14-8)12(17)15-2-3-18-9(5-13)7-15/h4,6,9H,2-3,5,7,13H2,1H3,(H,14,16). The van der Waals surface area contributed by atoms with Crippen LogP contribution in [-0.4, -0.2) is 48.1 Å². The maximum absolute atomic E-state index is 12.2. The number of pyridine rings is 1. The first-order chi connectivity index (χ1) is 8.61. The van der Waals surface area contributed by atoms with Crippen LogP contribution < -0.4 is 11.2 Å². The van der Waals surface area contributed by atoms with E-state index in [4.69, 9.17) is 10.5 Å². The highest BCUT2D eigenvalue weighted by Crippen LogP contribution is 2.07. The van der Waals surface area contributed by atoms with Crippen LogP contribution in [-0.2, 0) is 4.74 Å². The fourth-order valence-corrected chi connectivity index (χ4v) is 1.96. The van der Waals surface area contributed by atoms with E-state index < -0.39 is 0 Å². The molecule has 0 aliphatic carbocycles. The number of rotatable bonds is 2. The molecule has 1 fully saturated rings. The minimum atomic E-state index is -0.266. The fraction of sp³-hybridized carbons (Fsp3) is 0.500. The molecular formula is C12H17N3O3. The van der Waals surface area contributed by atoms with Gasteiger partial charge in [0.2, 0.25) is 0 Å². The Kier molecular flexibility index (Phi) is 3.78. The van der Waals surface area contributed by atoms with Crippen molar-refractivity contribution in [3.05, 3.63) is 33.7 Å². The number of nitrogens with one attached hydrogen (secondary N) is 1. The Morgan fingerprint density at radius 1 is 1.67 bits per heavy atom. The number of morpholine rings is 1. The van der Waals surface area contributed by atoms with E-state index in [9.17, 15) is 9.59 Å². The Hall–Kier alpha value is -1.66. The van der Waals surface area contributed by atoms with Crippen LogP contribution in [0.25, 0.3) is 0 Å². The van der Waals surface area contributed by atoms with Crippen LogP contribution in [0, 0.1) is 6.92 Å². The van der Waals surface area contributed by atoms with Gasteiger partial charge in [0.15, 0.2) is 5.43 Å². The Balaban J connectivity index is 2.18. The largest absolute Gasteiger partial charge is 0.373 e. The van der Waals surface area contributed by atoms with Gasteiger partial charge in [0.1, 0.15) is 5.56 Å². The number of ether oxygens (including phenoxy) is 1. The molecule has 1 aromatic heterocycles. The molecule has 98 valence electrons. The van der Waals surface area contributed by atoms with Gasteiger partial charge in [-0.2, -0.15) is 0 Å². The summed E-state index contributed by atoms with van der Waals surface area (Å²) < 4.78 is 5.39. The number of nitrogens with two attached hydrogens (primary N) is 1. The summed E-state index contributed by atoms with van der Waals surface area (Å²) in [5.41, 5.74) is 6.17. The summed E-state index contributed by atoms with van der Waals surface area (Å²) in [6.45, 7) is 3.52. The summed E-state index contributed by atoms with van der Waals surface area (Å²) in [5.74, 6) is -0.266. The average Bonchev–Trinajstić information content (AvgIpc) is 2.38. The zero-order valence-corrected chi connectivity index (χ0v) is 10.3. The van der Waals surface area contributed by atoms with E-state index in [1.165, 1.54) is 12.3 Å². The molecule has 0 bridgehead atoms. The number of aryl methyl sites for hydroxylation is 1. The summed E-state index contributed by atoms with van der Waals surface area (Å²) in [6, 6.07) is 1.42. The third-order valence-corrected chi connectivity index (χ3v) is 2.98. The van der Waals surface area contributed by atoms with E-state index in [2.05, 4.69) is 4.98 Å². The number of amides is 1. The summed E-state index contributed by atoms with van der Waals surface area (Å²) in [6.07, 6.45) is 1.32. The number of carbonyl (C=O) groups is 1. The molecule has 1 aromatic rings. The minimum Gasteiger partial charge on any atom is -0.373 e. The molecule has 0 spiro atoms. The highest BCUT2D eigenvalue weighted by molar-refractivity contribution is 5.93.